The van der Waals surface area contributed by atoms with Gasteiger partial charge in [0, 0.05) is 10.9 Å². The Morgan fingerprint density at radius 2 is 1.91 bits per heavy atom. The van der Waals surface area contributed by atoms with Gasteiger partial charge in [-0.3, -0.25) is 4.79 Å². The van der Waals surface area contributed by atoms with Gasteiger partial charge in [0.2, 0.25) is 5.91 Å². The quantitative estimate of drug-likeness (QED) is 0.805. The second kappa shape index (κ2) is 5.48. The van der Waals surface area contributed by atoms with Crippen molar-refractivity contribution in [1.29, 1.82) is 0 Å². The number of pyridine rings is 1. The highest BCUT2D eigenvalue weighted by Crippen LogP contribution is 2.31. The lowest BCUT2D eigenvalue weighted by molar-refractivity contribution is 0.100. The van der Waals surface area contributed by atoms with Crippen molar-refractivity contribution < 1.29 is 9.53 Å². The van der Waals surface area contributed by atoms with Gasteiger partial charge in [0.05, 0.1) is 23.9 Å². The van der Waals surface area contributed by atoms with Gasteiger partial charge >= 0.3 is 0 Å². The molecule has 0 aliphatic rings. The molecule has 0 saturated carbocycles. The van der Waals surface area contributed by atoms with E-state index in [1.165, 1.54) is 0 Å². The van der Waals surface area contributed by atoms with Gasteiger partial charge in [-0.15, -0.1) is 0 Å². The van der Waals surface area contributed by atoms with Crippen LogP contribution in [0.2, 0.25) is 0 Å². The number of aromatic nitrogens is 1. The first-order valence-electron chi connectivity index (χ1n) is 6.95. The first kappa shape index (κ1) is 14.1. The molecule has 0 atom stereocenters. The largest absolute Gasteiger partial charge is 0.496 e. The molecule has 3 rings (SSSR count). The molecule has 1 heterocycles. The first-order chi connectivity index (χ1) is 10.6. The molecule has 110 valence electrons. The van der Waals surface area contributed by atoms with Crippen LogP contribution in [-0.4, -0.2) is 18.0 Å². The Balaban J connectivity index is 2.36. The molecule has 0 spiro atoms. The number of nitrogens with zero attached hydrogens (tertiary/aromatic N) is 1. The highest BCUT2D eigenvalue weighted by atomic mass is 16.5. The van der Waals surface area contributed by atoms with Gasteiger partial charge in [-0.25, -0.2) is 4.98 Å². The topological polar surface area (TPSA) is 65.2 Å². The zero-order valence-corrected chi connectivity index (χ0v) is 12.5. The minimum absolute atomic E-state index is 0.464. The number of benzene rings is 2. The van der Waals surface area contributed by atoms with Crippen molar-refractivity contribution in [2.24, 2.45) is 5.73 Å². The molecule has 3 aromatic rings. The summed E-state index contributed by atoms with van der Waals surface area (Å²) in [5.41, 5.74) is 9.30. The molecule has 4 nitrogen and oxygen atoms in total. The van der Waals surface area contributed by atoms with Crippen LogP contribution < -0.4 is 10.5 Å². The number of fused-ring (bicyclic) bond motifs is 1. The fraction of sp³-hybridized carbons (Fsp3) is 0.111. The predicted molar refractivity (Wildman–Crippen MR) is 87.0 cm³/mol. The molecule has 4 heteroatoms. The molecule has 0 unspecified atom stereocenters. The zero-order valence-electron chi connectivity index (χ0n) is 12.5. The van der Waals surface area contributed by atoms with Crippen molar-refractivity contribution in [3.8, 4) is 17.0 Å². The molecule has 0 aliphatic carbocycles. The average molecular weight is 292 g/mol. The SMILES string of the molecule is COc1ccccc1-c1cc(C(N)=O)c2cccc(C)c2n1. The molecule has 22 heavy (non-hydrogen) atoms. The van der Waals surface area contributed by atoms with Gasteiger partial charge in [-0.1, -0.05) is 30.3 Å². The molecular formula is C18H16N2O2. The number of carbonyl (C=O) groups excluding carboxylic acids is 1. The highest BCUT2D eigenvalue weighted by molar-refractivity contribution is 6.07. The van der Waals surface area contributed by atoms with E-state index in [2.05, 4.69) is 0 Å². The third-order valence-electron chi connectivity index (χ3n) is 3.69. The fourth-order valence-corrected chi connectivity index (χ4v) is 2.59. The monoisotopic (exact) mass is 292 g/mol. The highest BCUT2D eigenvalue weighted by Gasteiger charge is 2.14. The molecular weight excluding hydrogens is 276 g/mol. The smallest absolute Gasteiger partial charge is 0.249 e. The molecule has 1 aromatic heterocycles. The van der Waals surface area contributed by atoms with Crippen molar-refractivity contribution in [3.05, 3.63) is 59.7 Å². The molecule has 0 radical (unpaired) electrons. The van der Waals surface area contributed by atoms with Crippen molar-refractivity contribution in [1.82, 2.24) is 4.98 Å². The van der Waals surface area contributed by atoms with Crippen LogP contribution in [-0.2, 0) is 0 Å². The summed E-state index contributed by atoms with van der Waals surface area (Å²) in [6.45, 7) is 1.96. The van der Waals surface area contributed by atoms with E-state index < -0.39 is 5.91 Å². The maximum absolute atomic E-state index is 11.8. The minimum Gasteiger partial charge on any atom is -0.496 e. The second-order valence-corrected chi connectivity index (χ2v) is 5.09. The molecule has 0 bridgehead atoms. The summed E-state index contributed by atoms with van der Waals surface area (Å²) in [5.74, 6) is 0.243. The number of methoxy groups -OCH3 is 1. The van der Waals surface area contributed by atoms with Crippen LogP contribution in [0.4, 0.5) is 0 Å². The number of ether oxygens (including phenoxy) is 1. The van der Waals surface area contributed by atoms with E-state index in [-0.39, 0.29) is 0 Å². The lowest BCUT2D eigenvalue weighted by Crippen LogP contribution is -2.12. The van der Waals surface area contributed by atoms with Crippen LogP contribution in [0, 0.1) is 6.92 Å². The van der Waals surface area contributed by atoms with Crippen molar-refractivity contribution in [2.75, 3.05) is 7.11 Å². The van der Waals surface area contributed by atoms with Gasteiger partial charge in [0.25, 0.3) is 0 Å². The summed E-state index contributed by atoms with van der Waals surface area (Å²) < 4.78 is 5.39. The number of nitrogens with two attached hydrogens (primary N) is 1. The molecule has 0 fully saturated rings. The Kier molecular flexibility index (Phi) is 3.51. The summed E-state index contributed by atoms with van der Waals surface area (Å²) in [6, 6.07) is 15.0. The third-order valence-corrected chi connectivity index (χ3v) is 3.69. The maximum Gasteiger partial charge on any atom is 0.249 e. The lowest BCUT2D eigenvalue weighted by atomic mass is 10.0. The van der Waals surface area contributed by atoms with Crippen molar-refractivity contribution in [2.45, 2.75) is 6.92 Å². The third kappa shape index (κ3) is 2.29. The van der Waals surface area contributed by atoms with Crippen molar-refractivity contribution >= 4 is 16.8 Å². The van der Waals surface area contributed by atoms with Crippen LogP contribution in [0.1, 0.15) is 15.9 Å². The number of primary amides is 1. The normalized spacial score (nSPS) is 10.6. The summed E-state index contributed by atoms with van der Waals surface area (Å²) in [4.78, 5) is 16.5. The number of carbonyl (C=O) groups is 1. The van der Waals surface area contributed by atoms with Gasteiger partial charge in [0.1, 0.15) is 5.75 Å². The van der Waals surface area contributed by atoms with Gasteiger partial charge in [0.15, 0.2) is 0 Å². The summed E-state index contributed by atoms with van der Waals surface area (Å²) >= 11 is 0. The van der Waals surface area contributed by atoms with E-state index in [9.17, 15) is 4.79 Å². The van der Waals surface area contributed by atoms with E-state index >= 15 is 0 Å². The Morgan fingerprint density at radius 3 is 2.64 bits per heavy atom. The Bertz CT molecular complexity index is 872. The Hall–Kier alpha value is -2.88. The minimum atomic E-state index is -0.464. The molecule has 1 amide bonds. The predicted octanol–water partition coefficient (Wildman–Crippen LogP) is 3.32. The molecule has 2 aromatic carbocycles. The number of rotatable bonds is 3. The lowest BCUT2D eigenvalue weighted by Gasteiger charge is -2.11. The van der Waals surface area contributed by atoms with E-state index in [1.54, 1.807) is 13.2 Å². The van der Waals surface area contributed by atoms with Gasteiger partial charge < -0.3 is 10.5 Å². The fourth-order valence-electron chi connectivity index (χ4n) is 2.59. The number of hydrogen-bond donors (Lipinski definition) is 1. The van der Waals surface area contributed by atoms with E-state index in [0.717, 1.165) is 22.0 Å². The first-order valence-corrected chi connectivity index (χ1v) is 6.95. The van der Waals surface area contributed by atoms with E-state index in [0.29, 0.717) is 17.0 Å². The average Bonchev–Trinajstić information content (AvgIpc) is 2.54. The second-order valence-electron chi connectivity index (χ2n) is 5.09. The maximum atomic E-state index is 11.8. The van der Waals surface area contributed by atoms with Crippen LogP contribution in [0.5, 0.6) is 5.75 Å². The number of aryl methyl sites for hydroxylation is 1. The van der Waals surface area contributed by atoms with E-state index in [1.807, 2.05) is 49.4 Å². The Morgan fingerprint density at radius 1 is 1.14 bits per heavy atom. The number of para-hydroxylation sites is 2. The summed E-state index contributed by atoms with van der Waals surface area (Å²) in [5, 5.41) is 0.770. The van der Waals surface area contributed by atoms with Crippen LogP contribution >= 0.6 is 0 Å². The number of amides is 1. The van der Waals surface area contributed by atoms with Crippen LogP contribution in [0.15, 0.2) is 48.5 Å². The van der Waals surface area contributed by atoms with Crippen LogP contribution in [0.25, 0.3) is 22.2 Å². The standard InChI is InChI=1S/C18H16N2O2/c1-11-6-5-8-12-14(18(19)21)10-15(20-17(11)12)13-7-3-4-9-16(13)22-2/h3-10H,1-2H3,(H2,19,21). The zero-order chi connectivity index (χ0) is 15.7. The van der Waals surface area contributed by atoms with Crippen LogP contribution in [0.3, 0.4) is 0 Å². The molecule has 0 aliphatic heterocycles. The number of hydrogen-bond acceptors (Lipinski definition) is 3. The summed E-state index contributed by atoms with van der Waals surface area (Å²) in [6.07, 6.45) is 0. The molecule has 0 saturated heterocycles. The Labute approximate surface area is 128 Å². The van der Waals surface area contributed by atoms with Gasteiger partial charge in [-0.05, 0) is 30.7 Å². The molecule has 2 N–H and O–H groups in total. The van der Waals surface area contributed by atoms with Crippen molar-refractivity contribution in [3.63, 3.8) is 0 Å². The summed E-state index contributed by atoms with van der Waals surface area (Å²) in [7, 11) is 1.61. The van der Waals surface area contributed by atoms with E-state index in [4.69, 9.17) is 15.5 Å². The van der Waals surface area contributed by atoms with Gasteiger partial charge in [-0.2, -0.15) is 0 Å².